The summed E-state index contributed by atoms with van der Waals surface area (Å²) in [6.45, 7) is 3.27. The zero-order valence-electron chi connectivity index (χ0n) is 22.5. The minimum atomic E-state index is -0.733. The van der Waals surface area contributed by atoms with Crippen molar-refractivity contribution in [2.45, 2.75) is 6.17 Å². The van der Waals surface area contributed by atoms with Crippen LogP contribution < -0.4 is 20.3 Å². The molecule has 2 N–H and O–H groups in total. The van der Waals surface area contributed by atoms with Crippen LogP contribution in [-0.2, 0) is 0 Å². The van der Waals surface area contributed by atoms with Crippen molar-refractivity contribution >= 4 is 40.7 Å². The fraction of sp³-hybridized carbons (Fsp3) is 0.226. The molecule has 4 aromatic carbocycles. The molecule has 1 heterocycles. The van der Waals surface area contributed by atoms with E-state index in [0.717, 1.165) is 35.3 Å². The zero-order chi connectivity index (χ0) is 28.1. The van der Waals surface area contributed by atoms with E-state index in [9.17, 15) is 18.4 Å². The molecule has 41 heavy (non-hydrogen) atoms. The summed E-state index contributed by atoms with van der Waals surface area (Å²) in [5.74, 6) is -0.962. The number of rotatable bonds is 8. The van der Waals surface area contributed by atoms with Crippen LogP contribution in [0.3, 0.4) is 0 Å². The highest BCUT2D eigenvalue weighted by Gasteiger charge is 2.24. The minimum absolute atomic E-state index is 0. The molecule has 2 amide bonds. The first-order valence-corrected chi connectivity index (χ1v) is 13.1. The predicted octanol–water partition coefficient (Wildman–Crippen LogP) is 4.86. The summed E-state index contributed by atoms with van der Waals surface area (Å²) >= 11 is 0. The fourth-order valence-corrected chi connectivity index (χ4v) is 4.88. The summed E-state index contributed by atoms with van der Waals surface area (Å²) in [5, 5.41) is 7.96. The molecular weight excluding hydrogens is 550 g/mol. The van der Waals surface area contributed by atoms with E-state index < -0.39 is 29.6 Å². The molecule has 1 aliphatic heterocycles. The Balaban J connectivity index is 0.00000387. The van der Waals surface area contributed by atoms with Gasteiger partial charge in [-0.2, -0.15) is 0 Å². The third kappa shape index (κ3) is 7.31. The lowest BCUT2D eigenvalue weighted by Crippen LogP contribution is -2.57. The number of halogens is 3. The maximum atomic E-state index is 13.4. The van der Waals surface area contributed by atoms with Gasteiger partial charge in [0.15, 0.2) is 0 Å². The molecule has 214 valence electrons. The number of fused-ring (bicyclic) bond motifs is 1. The summed E-state index contributed by atoms with van der Waals surface area (Å²) in [6.07, 6.45) is -0.733. The summed E-state index contributed by atoms with van der Waals surface area (Å²) in [4.78, 5) is 30.3. The molecule has 0 atom stereocenters. The first-order chi connectivity index (χ1) is 19.4. The molecule has 0 spiro atoms. The molecule has 0 radical (unpaired) electrons. The maximum absolute atomic E-state index is 13.4. The van der Waals surface area contributed by atoms with Crippen molar-refractivity contribution in [3.8, 4) is 5.75 Å². The highest BCUT2D eigenvalue weighted by Crippen LogP contribution is 2.30. The number of anilines is 1. The Hall–Kier alpha value is -4.21. The number of hydrogen-bond acceptors (Lipinski definition) is 5. The van der Waals surface area contributed by atoms with Gasteiger partial charge in [-0.1, -0.05) is 18.2 Å². The van der Waals surface area contributed by atoms with E-state index in [1.807, 2.05) is 24.3 Å². The third-order valence-electron chi connectivity index (χ3n) is 7.04. The van der Waals surface area contributed by atoms with Gasteiger partial charge in [-0.25, -0.2) is 8.78 Å². The summed E-state index contributed by atoms with van der Waals surface area (Å²) in [6, 6.07) is 22.7. The SMILES string of the molecule is COc1ccc2cccc(N3CCN(CC(NC(=O)c4ccc(F)cc4)NC(=O)c4ccc(F)cc4)CC3)c2c1.Cl. The summed E-state index contributed by atoms with van der Waals surface area (Å²) in [5.41, 5.74) is 1.68. The molecule has 4 aromatic rings. The molecule has 0 aromatic heterocycles. The van der Waals surface area contributed by atoms with Crippen LogP contribution in [0.1, 0.15) is 20.7 Å². The van der Waals surface area contributed by atoms with Crippen molar-refractivity contribution in [2.24, 2.45) is 0 Å². The van der Waals surface area contributed by atoms with Gasteiger partial charge in [-0.3, -0.25) is 14.5 Å². The number of amides is 2. The van der Waals surface area contributed by atoms with Crippen LogP contribution in [-0.4, -0.2) is 62.7 Å². The maximum Gasteiger partial charge on any atom is 0.252 e. The van der Waals surface area contributed by atoms with E-state index in [1.54, 1.807) is 7.11 Å². The van der Waals surface area contributed by atoms with Crippen molar-refractivity contribution in [1.29, 1.82) is 0 Å². The molecule has 1 aliphatic rings. The Morgan fingerprint density at radius 2 is 1.37 bits per heavy atom. The van der Waals surface area contributed by atoms with Crippen molar-refractivity contribution in [3.63, 3.8) is 0 Å². The second-order valence-corrected chi connectivity index (χ2v) is 9.67. The Morgan fingerprint density at radius 1 is 0.805 bits per heavy atom. The molecule has 7 nitrogen and oxygen atoms in total. The van der Waals surface area contributed by atoms with Crippen LogP contribution in [0, 0.1) is 11.6 Å². The van der Waals surface area contributed by atoms with Gasteiger partial charge in [0.05, 0.1) is 7.11 Å². The van der Waals surface area contributed by atoms with E-state index >= 15 is 0 Å². The van der Waals surface area contributed by atoms with E-state index in [2.05, 4.69) is 32.6 Å². The molecule has 0 saturated carbocycles. The van der Waals surface area contributed by atoms with Crippen molar-refractivity contribution in [1.82, 2.24) is 15.5 Å². The summed E-state index contributed by atoms with van der Waals surface area (Å²) < 4.78 is 32.1. The minimum Gasteiger partial charge on any atom is -0.497 e. The average Bonchev–Trinajstić information content (AvgIpc) is 2.97. The van der Waals surface area contributed by atoms with Gasteiger partial charge < -0.3 is 20.3 Å². The van der Waals surface area contributed by atoms with Gasteiger partial charge in [0.2, 0.25) is 0 Å². The lowest BCUT2D eigenvalue weighted by Gasteiger charge is -2.38. The Kier molecular flexibility index (Phi) is 9.75. The molecule has 0 unspecified atom stereocenters. The predicted molar refractivity (Wildman–Crippen MR) is 158 cm³/mol. The lowest BCUT2D eigenvalue weighted by molar-refractivity contribution is 0.0857. The number of piperazine rings is 1. The van der Waals surface area contributed by atoms with Gasteiger partial charge in [-0.05, 0) is 72.1 Å². The Morgan fingerprint density at radius 3 is 1.90 bits per heavy atom. The van der Waals surface area contributed by atoms with Gasteiger partial charge in [0.1, 0.15) is 23.5 Å². The van der Waals surface area contributed by atoms with Gasteiger partial charge in [0, 0.05) is 54.9 Å². The number of methoxy groups -OCH3 is 1. The molecule has 0 bridgehead atoms. The van der Waals surface area contributed by atoms with Gasteiger partial charge in [0.25, 0.3) is 11.8 Å². The number of benzene rings is 4. The second kappa shape index (κ2) is 13.4. The molecule has 1 saturated heterocycles. The highest BCUT2D eigenvalue weighted by atomic mass is 35.5. The topological polar surface area (TPSA) is 73.9 Å². The van der Waals surface area contributed by atoms with Crippen LogP contribution in [0.2, 0.25) is 0 Å². The number of hydrogen-bond donors (Lipinski definition) is 2. The number of carbonyl (C=O) groups is 2. The molecule has 1 fully saturated rings. The number of nitrogens with zero attached hydrogens (tertiary/aromatic N) is 2. The Labute approximate surface area is 243 Å². The standard InChI is InChI=1S/C31H30F2N4O3.ClH/c1-40-26-14-9-21-3-2-4-28(27(21)19-26)37-17-15-36(16-18-37)20-29(34-30(38)22-5-10-24(32)11-6-22)35-31(39)23-7-12-25(33)13-8-23;/h2-14,19,29H,15-18,20H2,1H3,(H,34,38)(H,35,39);1H. The van der Waals surface area contributed by atoms with Crippen LogP contribution in [0.25, 0.3) is 10.8 Å². The average molecular weight is 581 g/mol. The number of carbonyl (C=O) groups excluding carboxylic acids is 2. The first kappa shape index (κ1) is 29.8. The smallest absolute Gasteiger partial charge is 0.252 e. The van der Waals surface area contributed by atoms with Crippen LogP contribution >= 0.6 is 12.4 Å². The van der Waals surface area contributed by atoms with Gasteiger partial charge in [-0.15, -0.1) is 12.4 Å². The largest absolute Gasteiger partial charge is 0.497 e. The molecular formula is C31H31ClF2N4O3. The lowest BCUT2D eigenvalue weighted by atomic mass is 10.1. The van der Waals surface area contributed by atoms with Crippen molar-refractivity contribution < 1.29 is 23.1 Å². The normalized spacial score (nSPS) is 13.5. The monoisotopic (exact) mass is 580 g/mol. The molecule has 10 heteroatoms. The number of ether oxygens (including phenoxy) is 1. The van der Waals surface area contributed by atoms with Gasteiger partial charge >= 0.3 is 0 Å². The highest BCUT2D eigenvalue weighted by molar-refractivity contribution is 5.97. The summed E-state index contributed by atoms with van der Waals surface area (Å²) in [7, 11) is 1.66. The Bertz CT molecular complexity index is 1430. The molecule has 5 rings (SSSR count). The second-order valence-electron chi connectivity index (χ2n) is 9.67. The fourth-order valence-electron chi connectivity index (χ4n) is 4.88. The van der Waals surface area contributed by atoms with Crippen molar-refractivity contribution in [3.05, 3.63) is 108 Å². The molecule has 0 aliphatic carbocycles. The zero-order valence-corrected chi connectivity index (χ0v) is 23.3. The third-order valence-corrected chi connectivity index (χ3v) is 7.04. The number of nitrogens with one attached hydrogen (secondary N) is 2. The van der Waals surface area contributed by atoms with E-state index in [0.29, 0.717) is 19.6 Å². The van der Waals surface area contributed by atoms with Crippen LogP contribution in [0.5, 0.6) is 5.75 Å². The van der Waals surface area contributed by atoms with Crippen LogP contribution in [0.15, 0.2) is 84.9 Å². The van der Waals surface area contributed by atoms with Crippen LogP contribution in [0.4, 0.5) is 14.5 Å². The first-order valence-electron chi connectivity index (χ1n) is 13.1. The van der Waals surface area contributed by atoms with E-state index in [1.165, 1.54) is 48.5 Å². The quantitative estimate of drug-likeness (QED) is 0.291. The van der Waals surface area contributed by atoms with E-state index in [4.69, 9.17) is 4.74 Å². The van der Waals surface area contributed by atoms with Crippen molar-refractivity contribution in [2.75, 3.05) is 44.7 Å². The van der Waals surface area contributed by atoms with E-state index in [-0.39, 0.29) is 23.5 Å².